The lowest BCUT2D eigenvalue weighted by Crippen LogP contribution is -2.33. The van der Waals surface area contributed by atoms with Gasteiger partial charge in [-0.15, -0.1) is 0 Å². The zero-order chi connectivity index (χ0) is 22.1. The van der Waals surface area contributed by atoms with Crippen molar-refractivity contribution in [2.75, 3.05) is 13.1 Å². The van der Waals surface area contributed by atoms with Crippen LogP contribution < -0.4 is 0 Å². The lowest BCUT2D eigenvalue weighted by molar-refractivity contribution is -0.143. The van der Waals surface area contributed by atoms with Crippen LogP contribution in [0.3, 0.4) is 0 Å². The molecule has 2 aromatic carbocycles. The van der Waals surface area contributed by atoms with Crippen LogP contribution in [0.15, 0.2) is 47.5 Å². The summed E-state index contributed by atoms with van der Waals surface area (Å²) in [5.74, 6) is -1.43. The molecule has 1 aliphatic heterocycles. The van der Waals surface area contributed by atoms with Gasteiger partial charge >= 0.3 is 12.4 Å². The second kappa shape index (κ2) is 8.29. The van der Waals surface area contributed by atoms with Crippen LogP contribution in [0.25, 0.3) is 0 Å². The predicted molar refractivity (Wildman–Crippen MR) is 97.5 cm³/mol. The molecule has 1 heterocycles. The maximum atomic E-state index is 13.7. The van der Waals surface area contributed by atoms with Gasteiger partial charge in [0.25, 0.3) is 5.91 Å². The van der Waals surface area contributed by atoms with Crippen molar-refractivity contribution in [2.24, 2.45) is 4.99 Å². The smallest absolute Gasteiger partial charge is 0.286 e. The van der Waals surface area contributed by atoms with Gasteiger partial charge in [-0.25, -0.2) is 4.39 Å². The third-order valence-electron chi connectivity index (χ3n) is 4.20. The van der Waals surface area contributed by atoms with Gasteiger partial charge in [0.05, 0.1) is 17.7 Å². The van der Waals surface area contributed by atoms with E-state index in [-0.39, 0.29) is 30.1 Å². The molecule has 0 saturated carbocycles. The first kappa shape index (κ1) is 22.1. The summed E-state index contributed by atoms with van der Waals surface area (Å²) in [7, 11) is 0. The van der Waals surface area contributed by atoms with E-state index in [0.717, 1.165) is 16.7 Å². The molecule has 0 N–H and O–H groups in total. The number of halogens is 7. The van der Waals surface area contributed by atoms with Crippen molar-refractivity contribution in [3.05, 3.63) is 70.5 Å². The van der Waals surface area contributed by atoms with Crippen molar-refractivity contribution in [1.82, 2.24) is 4.90 Å². The highest BCUT2D eigenvalue weighted by Crippen LogP contribution is 2.37. The molecule has 2 aromatic rings. The molecule has 0 aliphatic carbocycles. The number of hydrogen-bond acceptors (Lipinski definition) is 3. The maximum absolute atomic E-state index is 13.7. The van der Waals surface area contributed by atoms with Crippen molar-refractivity contribution >= 4 is 22.8 Å². The van der Waals surface area contributed by atoms with Crippen molar-refractivity contribution < 1.29 is 35.5 Å². The molecule has 0 spiro atoms. The Kier molecular flexibility index (Phi) is 6.11. The monoisotopic (exact) mass is 450 g/mol. The molecule has 3 rings (SSSR count). The molecular weight excluding hydrogens is 437 g/mol. The number of benzene rings is 2. The Labute approximate surface area is 170 Å². The highest BCUT2D eigenvalue weighted by Gasteiger charge is 2.38. The Morgan fingerprint density at radius 2 is 1.60 bits per heavy atom. The SMILES string of the molecule is O=C(c1cc(C(F)(F)F)cc(C(F)(F)F)c1)N1CCN=C1SCc1ccccc1F. The van der Waals surface area contributed by atoms with E-state index in [1.165, 1.54) is 18.2 Å². The van der Waals surface area contributed by atoms with Gasteiger partial charge in [-0.05, 0) is 29.8 Å². The standard InChI is InChI=1S/C19H13F7N2OS/c20-15-4-2-1-3-11(15)10-30-17-27-5-6-28(17)16(29)12-7-13(18(21,22)23)9-14(8-12)19(24,25)26/h1-4,7-9H,5-6,10H2. The Hall–Kier alpha value is -2.56. The minimum absolute atomic E-state index is 0.00393. The van der Waals surface area contributed by atoms with Crippen LogP contribution in [-0.2, 0) is 18.1 Å². The lowest BCUT2D eigenvalue weighted by Gasteiger charge is -2.20. The molecular formula is C19H13F7N2OS. The van der Waals surface area contributed by atoms with Crippen LogP contribution in [-0.4, -0.2) is 29.1 Å². The summed E-state index contributed by atoms with van der Waals surface area (Å²) < 4.78 is 92.0. The quantitative estimate of drug-likeness (QED) is 0.570. The summed E-state index contributed by atoms with van der Waals surface area (Å²) in [6, 6.07) is 6.60. The summed E-state index contributed by atoms with van der Waals surface area (Å²) in [6.45, 7) is 0.131. The van der Waals surface area contributed by atoms with Gasteiger partial charge in [-0.3, -0.25) is 14.7 Å². The molecule has 160 valence electrons. The fourth-order valence-corrected chi connectivity index (χ4v) is 3.76. The Morgan fingerprint density at radius 3 is 2.17 bits per heavy atom. The van der Waals surface area contributed by atoms with Crippen LogP contribution in [0.5, 0.6) is 0 Å². The number of alkyl halides is 6. The highest BCUT2D eigenvalue weighted by atomic mass is 32.2. The second-order valence-electron chi connectivity index (χ2n) is 6.30. The number of aliphatic imine (C=N–C) groups is 1. The van der Waals surface area contributed by atoms with Crippen LogP contribution in [0.1, 0.15) is 27.0 Å². The third-order valence-corrected chi connectivity index (χ3v) is 5.26. The number of carbonyl (C=O) groups excluding carboxylic acids is 1. The summed E-state index contributed by atoms with van der Waals surface area (Å²) >= 11 is 0.973. The molecule has 0 radical (unpaired) electrons. The van der Waals surface area contributed by atoms with Crippen molar-refractivity contribution in [1.29, 1.82) is 0 Å². The van der Waals surface area contributed by atoms with E-state index < -0.39 is 40.8 Å². The van der Waals surface area contributed by atoms with Gasteiger partial charge < -0.3 is 0 Å². The van der Waals surface area contributed by atoms with Gasteiger partial charge in [0, 0.05) is 17.9 Å². The molecule has 1 amide bonds. The van der Waals surface area contributed by atoms with E-state index in [0.29, 0.717) is 17.7 Å². The Bertz CT molecular complexity index is 953. The Balaban J connectivity index is 1.86. The van der Waals surface area contributed by atoms with Crippen molar-refractivity contribution in [3.63, 3.8) is 0 Å². The summed E-state index contributed by atoms with van der Waals surface area (Å²) in [6.07, 6.45) is -10.1. The number of carbonyl (C=O) groups is 1. The number of amidine groups is 1. The zero-order valence-electron chi connectivity index (χ0n) is 15.0. The lowest BCUT2D eigenvalue weighted by atomic mass is 10.0. The van der Waals surface area contributed by atoms with E-state index in [2.05, 4.69) is 4.99 Å². The van der Waals surface area contributed by atoms with Gasteiger partial charge in [0.2, 0.25) is 0 Å². The minimum atomic E-state index is -5.06. The molecule has 0 saturated heterocycles. The fraction of sp³-hybridized carbons (Fsp3) is 0.263. The normalized spacial score (nSPS) is 14.8. The van der Waals surface area contributed by atoms with Crippen LogP contribution >= 0.6 is 11.8 Å². The van der Waals surface area contributed by atoms with Gasteiger partial charge in [0.1, 0.15) is 5.82 Å². The largest absolute Gasteiger partial charge is 0.416 e. The summed E-state index contributed by atoms with van der Waals surface area (Å²) in [5, 5.41) is 0.106. The first-order chi connectivity index (χ1) is 14.0. The molecule has 0 bridgehead atoms. The second-order valence-corrected chi connectivity index (χ2v) is 7.24. The van der Waals surface area contributed by atoms with E-state index in [1.54, 1.807) is 6.07 Å². The van der Waals surface area contributed by atoms with Crippen LogP contribution in [0.4, 0.5) is 30.7 Å². The number of thioether (sulfide) groups is 1. The maximum Gasteiger partial charge on any atom is 0.416 e. The van der Waals surface area contributed by atoms with Crippen LogP contribution in [0, 0.1) is 5.82 Å². The van der Waals surface area contributed by atoms with E-state index in [1.807, 2.05) is 0 Å². The third kappa shape index (κ3) is 4.94. The molecule has 30 heavy (non-hydrogen) atoms. The summed E-state index contributed by atoms with van der Waals surface area (Å²) in [5.41, 5.74) is -3.57. The highest BCUT2D eigenvalue weighted by molar-refractivity contribution is 8.13. The van der Waals surface area contributed by atoms with Crippen LogP contribution in [0.2, 0.25) is 0 Å². The van der Waals surface area contributed by atoms with E-state index in [4.69, 9.17) is 0 Å². The molecule has 3 nitrogen and oxygen atoms in total. The zero-order valence-corrected chi connectivity index (χ0v) is 15.8. The summed E-state index contributed by atoms with van der Waals surface area (Å²) in [4.78, 5) is 17.8. The van der Waals surface area contributed by atoms with Crippen molar-refractivity contribution in [2.45, 2.75) is 18.1 Å². The Morgan fingerprint density at radius 1 is 1.00 bits per heavy atom. The van der Waals surface area contributed by atoms with Gasteiger partial charge in [-0.2, -0.15) is 26.3 Å². The molecule has 0 unspecified atom stereocenters. The fourth-order valence-electron chi connectivity index (χ4n) is 2.73. The van der Waals surface area contributed by atoms with Gasteiger partial charge in [0.15, 0.2) is 5.17 Å². The average Bonchev–Trinajstić information content (AvgIpc) is 3.13. The number of amides is 1. The van der Waals surface area contributed by atoms with E-state index in [9.17, 15) is 35.5 Å². The molecule has 0 aromatic heterocycles. The molecule has 0 fully saturated rings. The van der Waals surface area contributed by atoms with E-state index >= 15 is 0 Å². The number of hydrogen-bond donors (Lipinski definition) is 0. The molecule has 1 aliphatic rings. The topological polar surface area (TPSA) is 32.7 Å². The predicted octanol–water partition coefficient (Wildman–Crippen LogP) is 5.61. The first-order valence-corrected chi connectivity index (χ1v) is 9.47. The first-order valence-electron chi connectivity index (χ1n) is 8.49. The number of rotatable bonds is 3. The number of nitrogens with zero attached hydrogens (tertiary/aromatic N) is 2. The minimum Gasteiger partial charge on any atom is -0.286 e. The molecule has 0 atom stereocenters. The average molecular weight is 450 g/mol. The van der Waals surface area contributed by atoms with Crippen molar-refractivity contribution in [3.8, 4) is 0 Å². The molecule has 11 heteroatoms. The van der Waals surface area contributed by atoms with Gasteiger partial charge in [-0.1, -0.05) is 30.0 Å².